The number of likely N-dealkylation sites (tertiary alicyclic amines) is 1. The van der Waals surface area contributed by atoms with Gasteiger partial charge in [-0.25, -0.2) is 13.8 Å². The lowest BCUT2D eigenvalue weighted by Crippen LogP contribution is -2.45. The summed E-state index contributed by atoms with van der Waals surface area (Å²) in [4.78, 5) is 47.1. The summed E-state index contributed by atoms with van der Waals surface area (Å²) in [5.74, 6) is -6.27. The number of aromatic nitrogens is 1. The summed E-state index contributed by atoms with van der Waals surface area (Å²) < 4.78 is 92.1. The summed E-state index contributed by atoms with van der Waals surface area (Å²) in [5.41, 5.74) is 0.924. The van der Waals surface area contributed by atoms with Crippen molar-refractivity contribution in [3.8, 4) is 11.5 Å². The average molecular weight is 711 g/mol. The number of nitrogens with zero attached hydrogens (tertiary/aromatic N) is 3. The maximum atomic E-state index is 14.5. The quantitative estimate of drug-likeness (QED) is 0.238. The van der Waals surface area contributed by atoms with Gasteiger partial charge in [0.15, 0.2) is 11.5 Å². The Bertz CT molecular complexity index is 1580. The first-order valence-electron chi connectivity index (χ1n) is 17.0. The van der Waals surface area contributed by atoms with Crippen molar-refractivity contribution in [2.75, 3.05) is 13.1 Å². The second kappa shape index (κ2) is 14.3. The van der Waals surface area contributed by atoms with E-state index in [0.29, 0.717) is 23.7 Å². The maximum absolute atomic E-state index is 14.5. The molecule has 3 amide bonds. The third-order valence-corrected chi connectivity index (χ3v) is 9.97. The molecule has 0 bridgehead atoms. The molecule has 9 nitrogen and oxygen atoms in total. The lowest BCUT2D eigenvalue weighted by Gasteiger charge is -2.37. The number of nitrogens with one attached hydrogen (secondary N) is 1. The summed E-state index contributed by atoms with van der Waals surface area (Å²) >= 11 is 0. The maximum Gasteiger partial charge on any atom is 0.400 e. The minimum atomic E-state index is -3.58. The van der Waals surface area contributed by atoms with Crippen molar-refractivity contribution in [3.05, 3.63) is 53.3 Å². The molecule has 4 fully saturated rings. The molecule has 1 aromatic heterocycles. The minimum Gasteiger partial charge on any atom is -0.431 e. The third-order valence-electron chi connectivity index (χ3n) is 9.97. The number of amides is 3. The molecule has 6 rings (SSSR count). The van der Waals surface area contributed by atoms with Gasteiger partial charge < -0.3 is 24.6 Å². The van der Waals surface area contributed by atoms with Crippen molar-refractivity contribution in [2.24, 2.45) is 11.8 Å². The zero-order chi connectivity index (χ0) is 35.8. The molecule has 1 aliphatic heterocycles. The monoisotopic (exact) mass is 710 g/mol. The van der Waals surface area contributed by atoms with Crippen LogP contribution in [0.5, 0.6) is 11.5 Å². The fourth-order valence-electron chi connectivity index (χ4n) is 6.83. The summed E-state index contributed by atoms with van der Waals surface area (Å²) in [6, 6.07) is 7.30. The van der Waals surface area contributed by atoms with Gasteiger partial charge in [0.1, 0.15) is 11.7 Å². The molecule has 0 spiro atoms. The van der Waals surface area contributed by atoms with E-state index >= 15 is 0 Å². The molecule has 2 atom stereocenters. The van der Waals surface area contributed by atoms with Gasteiger partial charge in [-0.15, -0.1) is 0 Å². The molecule has 4 aliphatic rings. The molecule has 1 unspecified atom stereocenters. The molecule has 1 N–H and O–H groups in total. The highest BCUT2D eigenvalue weighted by atomic mass is 19.3. The zero-order valence-corrected chi connectivity index (χ0v) is 27.6. The van der Waals surface area contributed by atoms with Gasteiger partial charge >= 0.3 is 12.7 Å². The number of benzene rings is 1. The Morgan fingerprint density at radius 2 is 1.76 bits per heavy atom. The van der Waals surface area contributed by atoms with Crippen LogP contribution in [0.25, 0.3) is 0 Å². The number of carbonyl (C=O) groups excluding carboxylic acids is 3. The minimum absolute atomic E-state index is 0.0626. The van der Waals surface area contributed by atoms with Crippen molar-refractivity contribution in [1.82, 2.24) is 20.1 Å². The topological polar surface area (TPSA) is 101 Å². The first-order valence-corrected chi connectivity index (χ1v) is 17.0. The van der Waals surface area contributed by atoms with Crippen LogP contribution in [0, 0.1) is 11.8 Å². The van der Waals surface area contributed by atoms with Crippen LogP contribution in [0.4, 0.5) is 26.3 Å². The van der Waals surface area contributed by atoms with E-state index in [1.54, 1.807) is 23.1 Å². The van der Waals surface area contributed by atoms with Crippen molar-refractivity contribution < 1.29 is 50.2 Å². The highest BCUT2D eigenvalue weighted by Gasteiger charge is 2.50. The standard InChI is InChI=1S/C35H40F6N4O5/c1-20(46)44-19-23(22-7-10-29(49-33(36)37)30(16-22)50-35(40,41)24-8-9-24)15-28(44)31(47)42-17-25-3-2-4-27(43-25)32(48)45(18-21-5-6-21)26-11-13-34(38,39)14-12-26/h2-4,7,10,16,21,23-24,26,28,33H,5-6,8-9,11-15,17-19H2,1H3,(H,42,47)/t23?,28-/m1/s1. The Morgan fingerprint density at radius 3 is 2.40 bits per heavy atom. The van der Waals surface area contributed by atoms with Crippen LogP contribution in [0.2, 0.25) is 0 Å². The molecule has 0 radical (unpaired) electrons. The molecular weight excluding hydrogens is 670 g/mol. The molecule has 272 valence electrons. The fourth-order valence-corrected chi connectivity index (χ4v) is 6.83. The van der Waals surface area contributed by atoms with E-state index in [9.17, 15) is 40.7 Å². The molecule has 1 saturated heterocycles. The molecule has 3 aliphatic carbocycles. The summed E-state index contributed by atoms with van der Waals surface area (Å²) in [6.07, 6.45) is -1.14. The van der Waals surface area contributed by atoms with Gasteiger partial charge in [0.05, 0.1) is 18.2 Å². The highest BCUT2D eigenvalue weighted by Crippen LogP contribution is 2.47. The Labute approximate surface area is 285 Å². The van der Waals surface area contributed by atoms with Crippen molar-refractivity contribution >= 4 is 17.7 Å². The van der Waals surface area contributed by atoms with Crippen molar-refractivity contribution in [1.29, 1.82) is 0 Å². The van der Waals surface area contributed by atoms with E-state index in [1.807, 2.05) is 0 Å². The molecule has 2 heterocycles. The predicted molar refractivity (Wildman–Crippen MR) is 167 cm³/mol. The van der Waals surface area contributed by atoms with E-state index in [-0.39, 0.29) is 75.7 Å². The van der Waals surface area contributed by atoms with Gasteiger partial charge in [-0.3, -0.25) is 14.4 Å². The van der Waals surface area contributed by atoms with Gasteiger partial charge in [-0.05, 0) is 80.7 Å². The van der Waals surface area contributed by atoms with E-state index in [1.165, 1.54) is 24.0 Å². The number of alkyl halides is 6. The molecule has 15 heteroatoms. The van der Waals surface area contributed by atoms with E-state index in [4.69, 9.17) is 4.74 Å². The molecule has 1 aromatic carbocycles. The van der Waals surface area contributed by atoms with Crippen LogP contribution in [0.3, 0.4) is 0 Å². The molecule has 50 heavy (non-hydrogen) atoms. The number of hydrogen-bond donors (Lipinski definition) is 1. The smallest absolute Gasteiger partial charge is 0.400 e. The lowest BCUT2D eigenvalue weighted by molar-refractivity contribution is -0.194. The lowest BCUT2D eigenvalue weighted by atomic mass is 9.90. The molecule has 3 saturated carbocycles. The summed E-state index contributed by atoms with van der Waals surface area (Å²) in [6.45, 7) is -1.50. The van der Waals surface area contributed by atoms with Gasteiger partial charge in [0, 0.05) is 44.8 Å². The first-order chi connectivity index (χ1) is 23.7. The Morgan fingerprint density at radius 1 is 1.04 bits per heavy atom. The number of hydrogen-bond acceptors (Lipinski definition) is 6. The number of pyridine rings is 1. The largest absolute Gasteiger partial charge is 0.431 e. The number of ether oxygens (including phenoxy) is 2. The van der Waals surface area contributed by atoms with Crippen molar-refractivity contribution in [2.45, 2.75) is 108 Å². The van der Waals surface area contributed by atoms with Gasteiger partial charge in [-0.1, -0.05) is 12.1 Å². The third kappa shape index (κ3) is 8.63. The molecule has 2 aromatic rings. The second-order valence-corrected chi connectivity index (χ2v) is 13.9. The van der Waals surface area contributed by atoms with Gasteiger partial charge in [0.2, 0.25) is 17.7 Å². The first kappa shape index (κ1) is 35.8. The Hall–Kier alpha value is -4.04. The van der Waals surface area contributed by atoms with Crippen LogP contribution < -0.4 is 14.8 Å². The van der Waals surface area contributed by atoms with Crippen LogP contribution in [-0.4, -0.2) is 76.3 Å². The van der Waals surface area contributed by atoms with Crippen LogP contribution in [-0.2, 0) is 16.1 Å². The molecular formula is C35H40F6N4O5. The average Bonchev–Trinajstić information content (AvgIpc) is 4.01. The van der Waals surface area contributed by atoms with E-state index < -0.39 is 59.8 Å². The van der Waals surface area contributed by atoms with Crippen LogP contribution in [0.1, 0.15) is 92.4 Å². The number of halogens is 6. The zero-order valence-electron chi connectivity index (χ0n) is 27.6. The summed E-state index contributed by atoms with van der Waals surface area (Å²) in [5, 5.41) is 2.77. The Balaban J connectivity index is 1.12. The number of rotatable bonds is 13. The number of carbonyl (C=O) groups is 3. The van der Waals surface area contributed by atoms with Crippen LogP contribution in [0.15, 0.2) is 36.4 Å². The highest BCUT2D eigenvalue weighted by molar-refractivity contribution is 5.92. The fraction of sp³-hybridized carbons (Fsp3) is 0.600. The van der Waals surface area contributed by atoms with E-state index in [0.717, 1.165) is 18.9 Å². The van der Waals surface area contributed by atoms with E-state index in [2.05, 4.69) is 15.0 Å². The van der Waals surface area contributed by atoms with Gasteiger partial charge in [0.25, 0.3) is 5.91 Å². The van der Waals surface area contributed by atoms with Crippen molar-refractivity contribution in [3.63, 3.8) is 0 Å². The normalized spacial score (nSPS) is 22.4. The second-order valence-electron chi connectivity index (χ2n) is 13.9. The SMILES string of the molecule is CC(=O)N1CC(c2ccc(OC(F)F)c(OC(F)(F)C3CC3)c2)C[C@@H]1C(=O)NCc1cccc(C(=O)N(CC2CC2)C2CCC(F)(F)CC2)n1. The summed E-state index contributed by atoms with van der Waals surface area (Å²) in [7, 11) is 0. The Kier molecular flexibility index (Phi) is 10.2. The van der Waals surface area contributed by atoms with Gasteiger partial charge in [-0.2, -0.15) is 17.6 Å². The van der Waals surface area contributed by atoms with Crippen LogP contribution >= 0.6 is 0 Å². The predicted octanol–water partition coefficient (Wildman–Crippen LogP) is 6.52.